The van der Waals surface area contributed by atoms with Crippen LogP contribution in [0.3, 0.4) is 0 Å². The molecule has 0 aromatic rings. The van der Waals surface area contributed by atoms with Crippen LogP contribution >= 0.6 is 0 Å². The molecule has 12 unspecified atom stereocenters. The second-order valence-electron chi connectivity index (χ2n) is 26.5. The van der Waals surface area contributed by atoms with E-state index in [2.05, 4.69) is 16.0 Å². The third kappa shape index (κ3) is 21.0. The van der Waals surface area contributed by atoms with Crippen molar-refractivity contribution in [1.82, 2.24) is 55.1 Å². The maximum Gasteiger partial charge on any atom is 0.246 e. The smallest absolute Gasteiger partial charge is 0.246 e. The van der Waals surface area contributed by atoms with Gasteiger partial charge in [0.1, 0.15) is 60.4 Å². The Morgan fingerprint density at radius 2 is 0.884 bits per heavy atom. The summed E-state index contributed by atoms with van der Waals surface area (Å²) in [7, 11) is 11.4. The first kappa shape index (κ1) is 77.9. The van der Waals surface area contributed by atoms with Gasteiger partial charge in [-0.3, -0.25) is 52.7 Å². The lowest BCUT2D eigenvalue weighted by Crippen LogP contribution is -2.63. The second kappa shape index (κ2) is 35.0. The van der Waals surface area contributed by atoms with Gasteiger partial charge in [-0.05, 0) is 101 Å². The van der Waals surface area contributed by atoms with Crippen LogP contribution in [0.4, 0.5) is 0 Å². The van der Waals surface area contributed by atoms with E-state index in [1.807, 2.05) is 61.5 Å². The molecule has 1 saturated heterocycles. The molecule has 492 valence electrons. The predicted octanol–water partition coefficient (Wildman–Crippen LogP) is 3.61. The number of aliphatic hydroxyl groups excluding tert-OH is 1. The molecule has 86 heavy (non-hydrogen) atoms. The highest BCUT2D eigenvalue weighted by molar-refractivity contribution is 5.99. The van der Waals surface area contributed by atoms with Crippen LogP contribution in [0.1, 0.15) is 156 Å². The van der Waals surface area contributed by atoms with Gasteiger partial charge in [0.15, 0.2) is 0 Å². The Hall–Kier alpha value is -6.13. The van der Waals surface area contributed by atoms with Crippen LogP contribution in [0.2, 0.25) is 0 Å². The van der Waals surface area contributed by atoms with Crippen LogP contribution in [0.25, 0.3) is 0 Å². The first-order chi connectivity index (χ1) is 39.6. The molecule has 0 spiro atoms. The minimum atomic E-state index is -1.61. The molecule has 0 aromatic carbocycles. The number of rotatable bonds is 15. The fourth-order valence-corrected chi connectivity index (χ4v) is 10.9. The molecule has 1 fully saturated rings. The number of aliphatic hydroxyl groups is 1. The van der Waals surface area contributed by atoms with E-state index in [1.54, 1.807) is 54.5 Å². The summed E-state index contributed by atoms with van der Waals surface area (Å²) in [5.74, 6) is -9.56. The van der Waals surface area contributed by atoms with Crippen molar-refractivity contribution >= 4 is 65.0 Å². The number of hydrogen-bond acceptors (Lipinski definition) is 12. The van der Waals surface area contributed by atoms with E-state index in [0.717, 1.165) is 9.80 Å². The van der Waals surface area contributed by atoms with E-state index < -0.39 is 156 Å². The lowest BCUT2D eigenvalue weighted by molar-refractivity contribution is -0.158. The molecule has 1 aliphatic rings. The van der Waals surface area contributed by atoms with Crippen LogP contribution < -0.4 is 16.0 Å². The van der Waals surface area contributed by atoms with E-state index in [-0.39, 0.29) is 55.8 Å². The Balaban J connectivity index is 4.37. The Labute approximate surface area is 515 Å². The highest BCUT2D eigenvalue weighted by atomic mass is 16.3. The van der Waals surface area contributed by atoms with Gasteiger partial charge in [0.2, 0.25) is 65.0 Å². The van der Waals surface area contributed by atoms with Crippen molar-refractivity contribution in [3.05, 3.63) is 12.2 Å². The van der Waals surface area contributed by atoms with Crippen molar-refractivity contribution in [3.63, 3.8) is 0 Å². The molecule has 23 heteroatoms. The van der Waals surface area contributed by atoms with Gasteiger partial charge in [0.25, 0.3) is 0 Å². The number of amides is 11. The van der Waals surface area contributed by atoms with E-state index in [1.165, 1.54) is 99.6 Å². The van der Waals surface area contributed by atoms with Gasteiger partial charge in [-0.2, -0.15) is 0 Å². The average Bonchev–Trinajstić information content (AvgIpc) is 3.57. The summed E-state index contributed by atoms with van der Waals surface area (Å²) in [6.07, 6.45) is 3.05. The van der Waals surface area contributed by atoms with Crippen molar-refractivity contribution < 1.29 is 57.8 Å². The predicted molar refractivity (Wildman–Crippen MR) is 333 cm³/mol. The lowest BCUT2D eigenvalue weighted by Gasteiger charge is -2.42. The Morgan fingerprint density at radius 1 is 0.465 bits per heavy atom. The molecule has 0 bridgehead atoms. The topological polar surface area (TPSA) is 270 Å². The zero-order chi connectivity index (χ0) is 66.8. The first-order valence-corrected chi connectivity index (χ1v) is 31.0. The Bertz CT molecular complexity index is 2360. The second-order valence-corrected chi connectivity index (χ2v) is 26.5. The molecule has 0 saturated carbocycles. The monoisotopic (exact) mass is 1220 g/mol. The normalized spacial score (nSPS) is 26.9. The van der Waals surface area contributed by atoms with Gasteiger partial charge < -0.3 is 60.3 Å². The van der Waals surface area contributed by atoms with Crippen molar-refractivity contribution in [3.8, 4) is 0 Å². The number of carbonyl (C=O) groups is 11. The average molecular weight is 1220 g/mol. The van der Waals surface area contributed by atoms with E-state index in [4.69, 9.17) is 0 Å². The lowest BCUT2D eigenvalue weighted by atomic mass is 9.91. The minimum absolute atomic E-state index is 0.0230. The molecule has 4 N–H and O–H groups in total. The Morgan fingerprint density at radius 3 is 1.33 bits per heavy atom. The molecule has 23 nitrogen and oxygen atoms in total. The summed E-state index contributed by atoms with van der Waals surface area (Å²) >= 11 is 0. The molecule has 1 rings (SSSR count). The summed E-state index contributed by atoms with van der Waals surface area (Å²) in [6, 6.07) is -12.3. The van der Waals surface area contributed by atoms with E-state index in [0.29, 0.717) is 6.42 Å². The van der Waals surface area contributed by atoms with Crippen LogP contribution in [-0.2, 0) is 52.7 Å². The standard InChI is InChI=1S/C63H113N11O12/c1-26-28-29-41(15)53(76)52-56(79)65-44(27-2)59(82)67(18)34-49(75)69(20)45(30-35(3)4)55(78)66-50(39(11)12)62(85)70(21)46(31-36(5)6)54(77)64-42(16)57(80)68(19)43(17)58(81)71(22)47(32-37(7)8)60(83)72(23)48(33-38(9)10)61(84)73(24)51(40(13)14)63(86)74(52)25/h26,28,35-48,50-53,76H,27,29-34H2,1-25H3,(H,64,77)(H,65,79)(H,66,78)/b28-26+. The van der Waals surface area contributed by atoms with E-state index >= 15 is 14.4 Å². The quantitative estimate of drug-likeness (QED) is 0.171. The summed E-state index contributed by atoms with van der Waals surface area (Å²) in [5, 5.41) is 20.5. The highest BCUT2D eigenvalue weighted by Gasteiger charge is 2.46. The fourth-order valence-electron chi connectivity index (χ4n) is 10.9. The molecule has 12 atom stereocenters. The third-order valence-corrected chi connectivity index (χ3v) is 16.6. The van der Waals surface area contributed by atoms with Crippen LogP contribution in [0.5, 0.6) is 0 Å². The maximum atomic E-state index is 15.2. The van der Waals surface area contributed by atoms with E-state index in [9.17, 15) is 43.5 Å². The molecular weight excluding hydrogens is 1100 g/mol. The van der Waals surface area contributed by atoms with Crippen molar-refractivity contribution in [1.29, 1.82) is 0 Å². The molecule has 0 radical (unpaired) electrons. The number of allylic oxidation sites excluding steroid dienone is 2. The zero-order valence-corrected chi connectivity index (χ0v) is 57.0. The van der Waals surface area contributed by atoms with Crippen molar-refractivity contribution in [2.24, 2.45) is 41.4 Å². The molecule has 0 aromatic heterocycles. The van der Waals surface area contributed by atoms with Gasteiger partial charge in [0, 0.05) is 56.4 Å². The van der Waals surface area contributed by atoms with Gasteiger partial charge in [0.05, 0.1) is 12.6 Å². The molecule has 11 amide bonds. The summed E-state index contributed by atoms with van der Waals surface area (Å²) in [5.41, 5.74) is 0. The zero-order valence-electron chi connectivity index (χ0n) is 57.0. The van der Waals surface area contributed by atoms with Crippen molar-refractivity contribution in [2.45, 2.75) is 223 Å². The molecule has 0 aliphatic carbocycles. The number of likely N-dealkylation sites (N-methyl/N-ethyl adjacent to an activating group) is 8. The van der Waals surface area contributed by atoms with Crippen molar-refractivity contribution in [2.75, 3.05) is 62.9 Å². The van der Waals surface area contributed by atoms with Gasteiger partial charge >= 0.3 is 0 Å². The van der Waals surface area contributed by atoms with Crippen LogP contribution in [0, 0.1) is 41.4 Å². The largest absolute Gasteiger partial charge is 0.390 e. The molecule has 1 aliphatic heterocycles. The van der Waals surface area contributed by atoms with Crippen LogP contribution in [0.15, 0.2) is 12.2 Å². The maximum absolute atomic E-state index is 15.2. The third-order valence-electron chi connectivity index (χ3n) is 16.6. The van der Waals surface area contributed by atoms with Gasteiger partial charge in [-0.15, -0.1) is 0 Å². The summed E-state index contributed by atoms with van der Waals surface area (Å²) in [4.78, 5) is 171. The first-order valence-electron chi connectivity index (χ1n) is 31.0. The minimum Gasteiger partial charge on any atom is -0.390 e. The SMILES string of the molecule is C/C=C/CC(C)C(O)C1C(=O)NC(CC)C(=O)N(C)CC(=O)N(C)C(CC(C)C)C(=O)NC(C(C)C)C(=O)N(C)C(CC(C)C)C(=O)NC(C)C(=O)N(C)C(C)C(=O)N(C)C(CC(C)C)C(=O)N(C)C(CC(C)C)C(=O)N(C)C(C(C)C)C(=O)N1C. The number of carbonyl (C=O) groups excluding carboxylic acids is 11. The number of nitrogens with one attached hydrogen (secondary N) is 3. The molecule has 1 heterocycles. The summed E-state index contributed by atoms with van der Waals surface area (Å²) < 4.78 is 0. The van der Waals surface area contributed by atoms with Crippen LogP contribution in [-0.4, -0.2) is 239 Å². The highest BCUT2D eigenvalue weighted by Crippen LogP contribution is 2.26. The number of hydrogen-bond donors (Lipinski definition) is 4. The number of nitrogens with zero attached hydrogens (tertiary/aromatic N) is 8. The van der Waals surface area contributed by atoms with Gasteiger partial charge in [-0.1, -0.05) is 109 Å². The van der Waals surface area contributed by atoms with Gasteiger partial charge in [-0.25, -0.2) is 0 Å². The Kier molecular flexibility index (Phi) is 31.7. The fraction of sp³-hybridized carbons (Fsp3) is 0.794. The summed E-state index contributed by atoms with van der Waals surface area (Å²) in [6.45, 7) is 29.5. The molecular formula is C63H113N11O12.